The predicted molar refractivity (Wildman–Crippen MR) is 61.2 cm³/mol. The summed E-state index contributed by atoms with van der Waals surface area (Å²) in [6.45, 7) is 0. The summed E-state index contributed by atoms with van der Waals surface area (Å²) in [6, 6.07) is 10.3. The van der Waals surface area contributed by atoms with Crippen molar-refractivity contribution in [1.82, 2.24) is 0 Å². The van der Waals surface area contributed by atoms with Crippen LogP contribution in [0, 0.1) is 0 Å². The van der Waals surface area contributed by atoms with Crippen LogP contribution < -0.4 is 5.14 Å². The Kier molecular flexibility index (Phi) is 2.38. The zero-order valence-electron chi connectivity index (χ0n) is 7.67. The zero-order valence-corrected chi connectivity index (χ0v) is 9.31. The van der Waals surface area contributed by atoms with Crippen LogP contribution in [-0.2, 0) is 10.0 Å². The summed E-state index contributed by atoms with van der Waals surface area (Å²) in [5.41, 5.74) is 0. The molecule has 3 nitrogen and oxygen atoms in total. The van der Waals surface area contributed by atoms with Gasteiger partial charge in [-0.2, -0.15) is 0 Å². The van der Waals surface area contributed by atoms with E-state index >= 15 is 0 Å². The van der Waals surface area contributed by atoms with Crippen LogP contribution in [-0.4, -0.2) is 8.42 Å². The van der Waals surface area contributed by atoms with Crippen molar-refractivity contribution >= 4 is 33.4 Å². The molecule has 0 aliphatic rings. The first-order chi connectivity index (χ1) is 6.98. The van der Waals surface area contributed by atoms with Gasteiger partial charge in [-0.25, -0.2) is 13.6 Å². The van der Waals surface area contributed by atoms with Gasteiger partial charge in [0.25, 0.3) is 0 Å². The van der Waals surface area contributed by atoms with Crippen LogP contribution in [0.1, 0.15) is 0 Å². The third-order valence-electron chi connectivity index (χ3n) is 2.10. The average Bonchev–Trinajstić information content (AvgIpc) is 2.15. The fourth-order valence-electron chi connectivity index (χ4n) is 1.48. The molecule has 0 heterocycles. The molecule has 15 heavy (non-hydrogen) atoms. The van der Waals surface area contributed by atoms with Crippen LogP contribution in [0.2, 0.25) is 0 Å². The number of sulfonamides is 1. The summed E-state index contributed by atoms with van der Waals surface area (Å²) in [6.07, 6.45) is 0. The number of hydrogen-bond donors (Lipinski definition) is 1. The predicted octanol–water partition coefficient (Wildman–Crippen LogP) is 2.04. The van der Waals surface area contributed by atoms with Crippen molar-refractivity contribution in [3.63, 3.8) is 0 Å². The van der Waals surface area contributed by atoms with Crippen LogP contribution in [0.15, 0.2) is 46.2 Å². The van der Waals surface area contributed by atoms with Gasteiger partial charge in [0, 0.05) is 10.3 Å². The molecule has 0 saturated carbocycles. The van der Waals surface area contributed by atoms with Gasteiger partial charge in [0.05, 0.1) is 4.90 Å². The smallest absolute Gasteiger partial charge is 0.225 e. The first-order valence-electron chi connectivity index (χ1n) is 4.21. The minimum absolute atomic E-state index is 0.0885. The van der Waals surface area contributed by atoms with Gasteiger partial charge in [-0.15, -0.1) is 0 Å². The van der Waals surface area contributed by atoms with E-state index in [1.807, 2.05) is 6.07 Å². The Hall–Kier alpha value is -1.17. The lowest BCUT2D eigenvalue weighted by Gasteiger charge is -2.04. The summed E-state index contributed by atoms with van der Waals surface area (Å²) in [5, 5.41) is 6.51. The second-order valence-corrected chi connectivity index (χ2v) is 5.19. The molecule has 0 unspecified atom stereocenters. The van der Waals surface area contributed by atoms with E-state index in [1.54, 1.807) is 24.3 Å². The lowest BCUT2D eigenvalue weighted by molar-refractivity contribution is 0.598. The van der Waals surface area contributed by atoms with Crippen molar-refractivity contribution < 1.29 is 8.42 Å². The van der Waals surface area contributed by atoms with Crippen LogP contribution in [0.5, 0.6) is 0 Å². The SMILES string of the molecule is NS(=O)(=O)c1cc([S])cc2ccccc12. The highest BCUT2D eigenvalue weighted by Gasteiger charge is 2.12. The number of nitrogens with two attached hydrogens (primary N) is 1. The Morgan fingerprint density at radius 1 is 1.13 bits per heavy atom. The number of primary sulfonamides is 1. The van der Waals surface area contributed by atoms with Crippen molar-refractivity contribution in [3.8, 4) is 0 Å². The minimum Gasteiger partial charge on any atom is -0.225 e. The van der Waals surface area contributed by atoms with Crippen molar-refractivity contribution in [2.75, 3.05) is 0 Å². The molecular formula is C10H8NO2S2. The van der Waals surface area contributed by atoms with Crippen molar-refractivity contribution in [1.29, 1.82) is 0 Å². The summed E-state index contributed by atoms with van der Waals surface area (Å²) >= 11 is 4.98. The van der Waals surface area contributed by atoms with Gasteiger partial charge >= 0.3 is 0 Å². The highest BCUT2D eigenvalue weighted by molar-refractivity contribution is 7.89. The normalized spacial score (nSPS) is 11.8. The van der Waals surface area contributed by atoms with Gasteiger partial charge in [0.15, 0.2) is 0 Å². The summed E-state index contributed by atoms with van der Waals surface area (Å²) in [4.78, 5) is 0.559. The maximum Gasteiger partial charge on any atom is 0.238 e. The standard InChI is InChI=1S/C10H8NO2S2/c11-15(12,13)10-6-8(14)5-7-3-1-2-4-9(7)10/h1-6H,(H2,11,12,13). The van der Waals surface area contributed by atoms with E-state index in [0.29, 0.717) is 10.3 Å². The average molecular weight is 238 g/mol. The van der Waals surface area contributed by atoms with E-state index in [4.69, 9.17) is 17.8 Å². The number of hydrogen-bond acceptors (Lipinski definition) is 2. The Balaban J connectivity index is 2.96. The maximum absolute atomic E-state index is 11.3. The van der Waals surface area contributed by atoms with E-state index in [-0.39, 0.29) is 4.90 Å². The number of fused-ring (bicyclic) bond motifs is 1. The molecule has 0 bridgehead atoms. The Morgan fingerprint density at radius 2 is 1.80 bits per heavy atom. The molecule has 0 saturated heterocycles. The third-order valence-corrected chi connectivity index (χ3v) is 3.29. The fraction of sp³-hybridized carbons (Fsp3) is 0. The van der Waals surface area contributed by atoms with Crippen molar-refractivity contribution in [3.05, 3.63) is 36.4 Å². The van der Waals surface area contributed by atoms with Gasteiger partial charge in [-0.1, -0.05) is 36.9 Å². The van der Waals surface area contributed by atoms with E-state index in [9.17, 15) is 8.42 Å². The lowest BCUT2D eigenvalue weighted by atomic mass is 10.1. The molecule has 0 amide bonds. The fourth-order valence-corrected chi connectivity index (χ4v) is 2.59. The third kappa shape index (κ3) is 1.94. The summed E-state index contributed by atoms with van der Waals surface area (Å²) in [7, 11) is -3.72. The molecule has 2 aromatic rings. The quantitative estimate of drug-likeness (QED) is 0.826. The molecule has 0 aromatic heterocycles. The maximum atomic E-state index is 11.3. The molecule has 5 heteroatoms. The molecule has 1 radical (unpaired) electrons. The summed E-state index contributed by atoms with van der Waals surface area (Å²) in [5.74, 6) is 0. The second-order valence-electron chi connectivity index (χ2n) is 3.19. The molecule has 2 aromatic carbocycles. The molecular weight excluding hydrogens is 230 g/mol. The first kappa shape index (κ1) is 10.4. The van der Waals surface area contributed by atoms with Gasteiger partial charge in [-0.05, 0) is 17.5 Å². The largest absolute Gasteiger partial charge is 0.238 e. The van der Waals surface area contributed by atoms with Crippen LogP contribution >= 0.6 is 12.6 Å². The second kappa shape index (κ2) is 3.44. The molecule has 0 atom stereocenters. The number of rotatable bonds is 1. The van der Waals surface area contributed by atoms with Crippen molar-refractivity contribution in [2.45, 2.75) is 9.79 Å². The molecule has 2 rings (SSSR count). The molecule has 0 spiro atoms. The minimum atomic E-state index is -3.72. The van der Waals surface area contributed by atoms with E-state index in [0.717, 1.165) is 5.39 Å². The Bertz CT molecular complexity index is 620. The van der Waals surface area contributed by atoms with Crippen LogP contribution in [0.3, 0.4) is 0 Å². The van der Waals surface area contributed by atoms with Gasteiger partial charge in [0.1, 0.15) is 0 Å². The van der Waals surface area contributed by atoms with Gasteiger partial charge in [0.2, 0.25) is 10.0 Å². The monoisotopic (exact) mass is 238 g/mol. The van der Waals surface area contributed by atoms with E-state index < -0.39 is 10.0 Å². The molecule has 0 aliphatic heterocycles. The molecule has 0 aliphatic carbocycles. The first-order valence-corrected chi connectivity index (χ1v) is 6.16. The van der Waals surface area contributed by atoms with E-state index in [2.05, 4.69) is 0 Å². The van der Waals surface area contributed by atoms with Crippen LogP contribution in [0.4, 0.5) is 0 Å². The Morgan fingerprint density at radius 3 is 2.47 bits per heavy atom. The molecule has 77 valence electrons. The van der Waals surface area contributed by atoms with Crippen molar-refractivity contribution in [2.24, 2.45) is 5.14 Å². The molecule has 2 N–H and O–H groups in total. The molecule has 0 fully saturated rings. The Labute approximate surface area is 93.4 Å². The highest BCUT2D eigenvalue weighted by atomic mass is 32.2. The highest BCUT2D eigenvalue weighted by Crippen LogP contribution is 2.25. The van der Waals surface area contributed by atoms with Crippen LogP contribution in [0.25, 0.3) is 10.8 Å². The summed E-state index contributed by atoms with van der Waals surface area (Å²) < 4.78 is 22.7. The number of benzene rings is 2. The zero-order chi connectivity index (χ0) is 11.1. The van der Waals surface area contributed by atoms with E-state index in [1.165, 1.54) is 6.07 Å². The van der Waals surface area contributed by atoms with Gasteiger partial charge < -0.3 is 0 Å². The lowest BCUT2D eigenvalue weighted by Crippen LogP contribution is -2.12. The topological polar surface area (TPSA) is 60.2 Å². The van der Waals surface area contributed by atoms with Gasteiger partial charge in [-0.3, -0.25) is 0 Å².